The fourth-order valence-corrected chi connectivity index (χ4v) is 4.44. The minimum absolute atomic E-state index is 0.305. The van der Waals surface area contributed by atoms with Gasteiger partial charge in [0.1, 0.15) is 24.3 Å². The summed E-state index contributed by atoms with van der Waals surface area (Å²) in [6.45, 7) is 0.553. The van der Waals surface area contributed by atoms with Crippen LogP contribution in [0, 0.1) is 0 Å². The van der Waals surface area contributed by atoms with Gasteiger partial charge in [-0.25, -0.2) is 9.97 Å². The van der Waals surface area contributed by atoms with Crippen LogP contribution in [0.4, 0.5) is 5.69 Å². The van der Waals surface area contributed by atoms with Crippen molar-refractivity contribution in [1.29, 1.82) is 0 Å². The first-order chi connectivity index (χ1) is 15.0. The topological polar surface area (TPSA) is 85.5 Å². The van der Waals surface area contributed by atoms with Crippen molar-refractivity contribution in [2.45, 2.75) is 24.9 Å². The van der Waals surface area contributed by atoms with Gasteiger partial charge in [0.2, 0.25) is 5.88 Å². The van der Waals surface area contributed by atoms with Crippen LogP contribution in [0.5, 0.6) is 5.88 Å². The number of fused-ring (bicyclic) bond motifs is 2. The van der Waals surface area contributed by atoms with Gasteiger partial charge >= 0.3 is 0 Å². The Bertz CT molecular complexity index is 1250. The number of aliphatic hydroxyl groups excluding tert-OH is 1. The van der Waals surface area contributed by atoms with Crippen molar-refractivity contribution >= 4 is 43.6 Å². The fraction of sp³-hybridized carbons (Fsp3) is 0.318. The lowest BCUT2D eigenvalue weighted by Gasteiger charge is -2.25. The van der Waals surface area contributed by atoms with Crippen LogP contribution in [-0.2, 0) is 4.74 Å². The van der Waals surface area contributed by atoms with Gasteiger partial charge in [-0.2, -0.15) is 0 Å². The third-order valence-electron chi connectivity index (χ3n) is 5.71. The molecule has 0 unspecified atom stereocenters. The van der Waals surface area contributed by atoms with Gasteiger partial charge in [0.25, 0.3) is 0 Å². The van der Waals surface area contributed by atoms with E-state index in [1.54, 1.807) is 13.3 Å². The molecule has 1 N–H and O–H groups in total. The van der Waals surface area contributed by atoms with E-state index in [1.165, 1.54) is 6.33 Å². The zero-order valence-corrected chi connectivity index (χ0v) is 18.7. The fourth-order valence-electron chi connectivity index (χ4n) is 4.09. The van der Waals surface area contributed by atoms with Gasteiger partial charge in [-0.15, -0.1) is 0 Å². The molecular weight excluding hydrogens is 462 g/mol. The predicted octanol–water partition coefficient (Wildman–Crippen LogP) is 3.54. The molecular formula is C22H22BrN5O3. The van der Waals surface area contributed by atoms with E-state index >= 15 is 0 Å². The number of hydrogen-bond donors (Lipinski definition) is 1. The summed E-state index contributed by atoms with van der Waals surface area (Å²) in [7, 11) is 3.58. The number of pyridine rings is 1. The second kappa shape index (κ2) is 8.07. The molecule has 3 aromatic heterocycles. The van der Waals surface area contributed by atoms with Crippen molar-refractivity contribution in [2.24, 2.45) is 0 Å². The predicted molar refractivity (Wildman–Crippen MR) is 121 cm³/mol. The molecule has 0 spiro atoms. The van der Waals surface area contributed by atoms with Crippen LogP contribution in [0.15, 0.2) is 53.5 Å². The van der Waals surface area contributed by atoms with Gasteiger partial charge < -0.3 is 24.0 Å². The summed E-state index contributed by atoms with van der Waals surface area (Å²) in [5, 5.41) is 12.6. The van der Waals surface area contributed by atoms with Crippen molar-refractivity contribution in [2.75, 3.05) is 25.6 Å². The van der Waals surface area contributed by atoms with Crippen molar-refractivity contribution in [3.05, 3.63) is 53.5 Å². The molecule has 0 aliphatic carbocycles. The maximum absolute atomic E-state index is 10.7. The Balaban J connectivity index is 1.34. The minimum atomic E-state index is -0.580. The standard InChI is InChI=1S/C22H22BrN5O3/c1-27(15-4-3-13-7-14(23)10-24-17(13)8-15)11-19-18(29)9-20(31-19)28-6-5-16-21(28)25-12-26-22(16)30-2/h3-8,10,12,18-20,29H,9,11H2,1-2H3/t18-,19+,20+/m0/s1. The van der Waals surface area contributed by atoms with Crippen molar-refractivity contribution < 1.29 is 14.6 Å². The highest BCUT2D eigenvalue weighted by Crippen LogP contribution is 2.34. The Kier molecular flexibility index (Phi) is 5.25. The number of nitrogens with zero attached hydrogens (tertiary/aromatic N) is 5. The number of hydrogen-bond acceptors (Lipinski definition) is 7. The summed E-state index contributed by atoms with van der Waals surface area (Å²) < 4.78 is 14.4. The van der Waals surface area contributed by atoms with Gasteiger partial charge in [0.05, 0.1) is 24.1 Å². The normalized spacial score (nSPS) is 21.1. The Morgan fingerprint density at radius 2 is 2.13 bits per heavy atom. The van der Waals surface area contributed by atoms with E-state index in [2.05, 4.69) is 41.8 Å². The number of ether oxygens (including phenoxy) is 2. The van der Waals surface area contributed by atoms with Gasteiger partial charge in [-0.3, -0.25) is 4.98 Å². The average molecular weight is 484 g/mol. The molecule has 0 radical (unpaired) electrons. The first kappa shape index (κ1) is 20.2. The lowest BCUT2D eigenvalue weighted by Crippen LogP contribution is -2.35. The van der Waals surface area contributed by atoms with E-state index in [4.69, 9.17) is 9.47 Å². The average Bonchev–Trinajstić information content (AvgIpc) is 3.36. The van der Waals surface area contributed by atoms with E-state index in [-0.39, 0.29) is 12.3 Å². The summed E-state index contributed by atoms with van der Waals surface area (Å²) in [6.07, 6.45) is 4.44. The van der Waals surface area contributed by atoms with E-state index in [9.17, 15) is 5.11 Å². The SMILES string of the molecule is COc1ncnc2c1ccn2[C@H]1C[C@H](O)[C@@H](CN(C)c2ccc3cc(Br)cnc3c2)O1. The lowest BCUT2D eigenvalue weighted by atomic mass is 10.1. The Morgan fingerprint density at radius 3 is 2.97 bits per heavy atom. The number of rotatable bonds is 5. The van der Waals surface area contributed by atoms with Crippen LogP contribution >= 0.6 is 15.9 Å². The highest BCUT2D eigenvalue weighted by Gasteiger charge is 2.36. The lowest BCUT2D eigenvalue weighted by molar-refractivity contribution is -0.0117. The molecule has 0 bridgehead atoms. The minimum Gasteiger partial charge on any atom is -0.480 e. The van der Waals surface area contributed by atoms with Crippen LogP contribution in [-0.4, -0.2) is 57.5 Å². The highest BCUT2D eigenvalue weighted by molar-refractivity contribution is 9.10. The van der Waals surface area contributed by atoms with Crippen molar-refractivity contribution in [1.82, 2.24) is 19.5 Å². The summed E-state index contributed by atoms with van der Waals surface area (Å²) in [5.74, 6) is 0.524. The summed E-state index contributed by atoms with van der Waals surface area (Å²) >= 11 is 3.46. The Hall–Kier alpha value is -2.75. The molecule has 5 rings (SSSR count). The van der Waals surface area contributed by atoms with Crippen LogP contribution in [0.25, 0.3) is 21.9 Å². The number of likely N-dealkylation sites (N-methyl/N-ethyl adjacent to an activating group) is 1. The highest BCUT2D eigenvalue weighted by atomic mass is 79.9. The maximum atomic E-state index is 10.7. The molecule has 3 atom stereocenters. The van der Waals surface area contributed by atoms with Gasteiger partial charge in [-0.05, 0) is 40.2 Å². The molecule has 1 aliphatic heterocycles. The van der Waals surface area contributed by atoms with Crippen molar-refractivity contribution in [3.63, 3.8) is 0 Å². The molecule has 1 aromatic carbocycles. The summed E-state index contributed by atoms with van der Waals surface area (Å²) in [5.41, 5.74) is 2.67. The van der Waals surface area contributed by atoms with E-state index in [0.717, 1.165) is 32.1 Å². The van der Waals surface area contributed by atoms with Crippen LogP contribution in [0.1, 0.15) is 12.6 Å². The van der Waals surface area contributed by atoms with Crippen LogP contribution in [0.2, 0.25) is 0 Å². The maximum Gasteiger partial charge on any atom is 0.225 e. The molecule has 160 valence electrons. The van der Waals surface area contributed by atoms with Crippen LogP contribution in [0.3, 0.4) is 0 Å². The summed E-state index contributed by atoms with van der Waals surface area (Å²) in [4.78, 5) is 15.1. The Morgan fingerprint density at radius 1 is 1.26 bits per heavy atom. The second-order valence-corrected chi connectivity index (χ2v) is 8.60. The smallest absolute Gasteiger partial charge is 0.225 e. The van der Waals surface area contributed by atoms with E-state index in [1.807, 2.05) is 42.1 Å². The number of aliphatic hydroxyl groups is 1. The molecule has 1 fully saturated rings. The molecule has 9 heteroatoms. The third kappa shape index (κ3) is 3.73. The number of anilines is 1. The molecule has 4 heterocycles. The molecule has 31 heavy (non-hydrogen) atoms. The van der Waals surface area contributed by atoms with Crippen LogP contribution < -0.4 is 9.64 Å². The quantitative estimate of drug-likeness (QED) is 0.464. The molecule has 8 nitrogen and oxygen atoms in total. The van der Waals surface area contributed by atoms with Gasteiger partial charge in [-0.1, -0.05) is 6.07 Å². The second-order valence-electron chi connectivity index (χ2n) is 7.69. The summed E-state index contributed by atoms with van der Waals surface area (Å²) in [6, 6.07) is 10.1. The first-order valence-corrected chi connectivity index (χ1v) is 10.8. The number of benzene rings is 1. The number of methoxy groups -OCH3 is 1. The molecule has 1 saturated heterocycles. The van der Waals surface area contributed by atoms with Gasteiger partial charge in [0, 0.05) is 48.0 Å². The number of halogens is 1. The first-order valence-electron chi connectivity index (χ1n) is 9.99. The zero-order valence-electron chi connectivity index (χ0n) is 17.1. The van der Waals surface area contributed by atoms with E-state index < -0.39 is 6.10 Å². The molecule has 0 saturated carbocycles. The third-order valence-corrected chi connectivity index (χ3v) is 6.14. The largest absolute Gasteiger partial charge is 0.480 e. The molecule has 4 aromatic rings. The van der Waals surface area contributed by atoms with Crippen molar-refractivity contribution in [3.8, 4) is 5.88 Å². The Labute approximate surface area is 187 Å². The number of aromatic nitrogens is 4. The zero-order chi connectivity index (χ0) is 21.5. The molecule has 0 amide bonds. The van der Waals surface area contributed by atoms with E-state index in [0.29, 0.717) is 18.8 Å². The van der Waals surface area contributed by atoms with Gasteiger partial charge in [0.15, 0.2) is 0 Å². The monoisotopic (exact) mass is 483 g/mol. The molecule has 1 aliphatic rings.